The highest BCUT2D eigenvalue weighted by molar-refractivity contribution is 6.03. The summed E-state index contributed by atoms with van der Waals surface area (Å²) in [6.07, 6.45) is 7.02. The second-order valence-electron chi connectivity index (χ2n) is 11.2. The van der Waals surface area contributed by atoms with Crippen LogP contribution in [0.4, 0.5) is 5.69 Å². The molecule has 7 heteroatoms. The molecule has 188 valence electrons. The Morgan fingerprint density at radius 1 is 1.17 bits per heavy atom. The van der Waals surface area contributed by atoms with Crippen LogP contribution in [-0.2, 0) is 23.9 Å². The van der Waals surface area contributed by atoms with Gasteiger partial charge in [-0.3, -0.25) is 14.4 Å². The minimum atomic E-state index is -0.866. The van der Waals surface area contributed by atoms with Gasteiger partial charge in [0.05, 0.1) is 18.6 Å². The number of nitrogens with zero attached hydrogens (tertiary/aromatic N) is 1. The first kappa shape index (κ1) is 24.0. The third-order valence-corrected chi connectivity index (χ3v) is 7.83. The summed E-state index contributed by atoms with van der Waals surface area (Å²) in [7, 11) is 0. The third-order valence-electron chi connectivity index (χ3n) is 7.83. The normalized spacial score (nSPS) is 30.3. The van der Waals surface area contributed by atoms with Gasteiger partial charge in [-0.15, -0.1) is 0 Å². The number of benzene rings is 1. The Bertz CT molecular complexity index is 1040. The van der Waals surface area contributed by atoms with E-state index in [1.165, 1.54) is 0 Å². The molecule has 1 aliphatic carbocycles. The molecule has 1 aromatic carbocycles. The molecule has 1 saturated carbocycles. The lowest BCUT2D eigenvalue weighted by Crippen LogP contribution is -2.46. The second-order valence-corrected chi connectivity index (χ2v) is 11.2. The first-order valence-corrected chi connectivity index (χ1v) is 12.9. The first-order chi connectivity index (χ1) is 16.7. The van der Waals surface area contributed by atoms with Gasteiger partial charge in [0, 0.05) is 11.7 Å². The average Bonchev–Trinajstić information content (AvgIpc) is 3.54. The summed E-state index contributed by atoms with van der Waals surface area (Å²) in [6, 6.07) is 6.18. The summed E-state index contributed by atoms with van der Waals surface area (Å²) in [5.74, 6) is -2.10. The minimum Gasteiger partial charge on any atom is -0.452 e. The number of carbonyl (C=O) groups is 3. The second kappa shape index (κ2) is 9.08. The molecule has 3 fully saturated rings. The fourth-order valence-corrected chi connectivity index (χ4v) is 6.31. The predicted molar refractivity (Wildman–Crippen MR) is 132 cm³/mol. The maximum atomic E-state index is 13.7. The molecule has 2 amide bonds. The third kappa shape index (κ3) is 4.39. The number of amides is 2. The molecule has 1 N–H and O–H groups in total. The summed E-state index contributed by atoms with van der Waals surface area (Å²) in [6.45, 7) is 8.38. The van der Waals surface area contributed by atoms with E-state index in [1.54, 1.807) is 4.90 Å². The van der Waals surface area contributed by atoms with Crippen molar-refractivity contribution in [1.82, 2.24) is 5.32 Å². The summed E-state index contributed by atoms with van der Waals surface area (Å²) < 4.78 is 12.1. The monoisotopic (exact) mass is 480 g/mol. The molecule has 1 spiro atoms. The summed E-state index contributed by atoms with van der Waals surface area (Å²) >= 11 is 0. The minimum absolute atomic E-state index is 0.125. The van der Waals surface area contributed by atoms with E-state index in [0.29, 0.717) is 13.0 Å². The van der Waals surface area contributed by atoms with Crippen LogP contribution < -0.4 is 10.2 Å². The predicted octanol–water partition coefficient (Wildman–Crippen LogP) is 3.61. The Balaban J connectivity index is 1.35. The van der Waals surface area contributed by atoms with Crippen LogP contribution in [0.1, 0.15) is 57.1 Å². The van der Waals surface area contributed by atoms with Crippen molar-refractivity contribution in [3.05, 3.63) is 41.5 Å². The van der Waals surface area contributed by atoms with Gasteiger partial charge in [0.1, 0.15) is 11.5 Å². The zero-order chi connectivity index (χ0) is 24.9. The lowest BCUT2D eigenvalue weighted by Gasteiger charge is -2.26. The number of aryl methyl sites for hydroxylation is 2. The van der Waals surface area contributed by atoms with Gasteiger partial charge < -0.3 is 19.7 Å². The Kier molecular flexibility index (Phi) is 6.24. The SMILES string of the molecule is Cc1cc(C)cc(N2C[C@@]34C=C[C@@H](O3)[C@H](C(=O)O[C@@H](CC(C)C)C(=O)NC3CCCC3)[C@@H]4C2=O)c1. The van der Waals surface area contributed by atoms with E-state index >= 15 is 0 Å². The van der Waals surface area contributed by atoms with Gasteiger partial charge in [-0.2, -0.15) is 0 Å². The zero-order valence-corrected chi connectivity index (χ0v) is 21.1. The number of carbonyl (C=O) groups excluding carboxylic acids is 3. The van der Waals surface area contributed by atoms with Crippen molar-refractivity contribution in [2.75, 3.05) is 11.4 Å². The Labute approximate surface area is 207 Å². The number of rotatable bonds is 7. The molecule has 1 aromatic rings. The Morgan fingerprint density at radius 3 is 2.51 bits per heavy atom. The highest BCUT2D eigenvalue weighted by atomic mass is 16.6. The Morgan fingerprint density at radius 2 is 1.86 bits per heavy atom. The molecule has 3 aliphatic heterocycles. The average molecular weight is 481 g/mol. The van der Waals surface area contributed by atoms with Crippen molar-refractivity contribution in [2.24, 2.45) is 17.8 Å². The number of nitrogens with one attached hydrogen (secondary N) is 1. The van der Waals surface area contributed by atoms with Crippen molar-refractivity contribution in [1.29, 1.82) is 0 Å². The van der Waals surface area contributed by atoms with Gasteiger partial charge in [-0.25, -0.2) is 0 Å². The highest BCUT2D eigenvalue weighted by Gasteiger charge is 2.67. The van der Waals surface area contributed by atoms with Gasteiger partial charge in [0.25, 0.3) is 5.91 Å². The number of hydrogen-bond donors (Lipinski definition) is 1. The molecule has 2 bridgehead atoms. The molecule has 35 heavy (non-hydrogen) atoms. The summed E-state index contributed by atoms with van der Waals surface area (Å²) in [4.78, 5) is 41.9. The van der Waals surface area contributed by atoms with E-state index in [2.05, 4.69) is 11.4 Å². The van der Waals surface area contributed by atoms with Crippen LogP contribution in [0.15, 0.2) is 30.4 Å². The molecule has 5 rings (SSSR count). The number of esters is 1. The lowest BCUT2D eigenvalue weighted by molar-refractivity contribution is -0.163. The van der Waals surface area contributed by atoms with Crippen LogP contribution in [0.5, 0.6) is 0 Å². The van der Waals surface area contributed by atoms with E-state index in [1.807, 2.05) is 52.0 Å². The number of fused-ring (bicyclic) bond motifs is 1. The zero-order valence-electron chi connectivity index (χ0n) is 21.1. The summed E-state index contributed by atoms with van der Waals surface area (Å²) in [5, 5.41) is 3.07. The molecule has 3 heterocycles. The van der Waals surface area contributed by atoms with E-state index in [4.69, 9.17) is 9.47 Å². The molecule has 0 aromatic heterocycles. The van der Waals surface area contributed by atoms with Gasteiger partial charge in [-0.05, 0) is 62.3 Å². The maximum Gasteiger partial charge on any atom is 0.313 e. The molecular formula is C28H36N2O5. The molecule has 2 saturated heterocycles. The first-order valence-electron chi connectivity index (χ1n) is 12.9. The molecule has 0 radical (unpaired) electrons. The van der Waals surface area contributed by atoms with E-state index in [9.17, 15) is 14.4 Å². The van der Waals surface area contributed by atoms with E-state index < -0.39 is 35.6 Å². The summed E-state index contributed by atoms with van der Waals surface area (Å²) in [5.41, 5.74) is 2.13. The number of hydrogen-bond acceptors (Lipinski definition) is 5. The standard InChI is InChI=1S/C28H36N2O5/c1-16(2)11-22(25(31)29-19-7-5-6-8-19)34-27(33)23-21-9-10-28(35-21)15-30(26(32)24(23)28)20-13-17(3)12-18(4)14-20/h9-10,12-14,16,19,21-24H,5-8,11,15H2,1-4H3,(H,29,31)/t21-,22+,23+,24-,28-/m1/s1. The largest absolute Gasteiger partial charge is 0.452 e. The van der Waals surface area contributed by atoms with Crippen LogP contribution in [0.2, 0.25) is 0 Å². The molecule has 7 nitrogen and oxygen atoms in total. The van der Waals surface area contributed by atoms with Crippen LogP contribution in [0.3, 0.4) is 0 Å². The molecule has 0 unspecified atom stereocenters. The van der Waals surface area contributed by atoms with E-state index in [-0.39, 0.29) is 23.8 Å². The van der Waals surface area contributed by atoms with Crippen molar-refractivity contribution >= 4 is 23.5 Å². The van der Waals surface area contributed by atoms with Gasteiger partial charge >= 0.3 is 5.97 Å². The maximum absolute atomic E-state index is 13.7. The molecule has 4 aliphatic rings. The van der Waals surface area contributed by atoms with Gasteiger partial charge in [0.2, 0.25) is 5.91 Å². The van der Waals surface area contributed by atoms with Crippen molar-refractivity contribution < 1.29 is 23.9 Å². The topological polar surface area (TPSA) is 84.9 Å². The van der Waals surface area contributed by atoms with Gasteiger partial charge in [-0.1, -0.05) is 44.9 Å². The quantitative estimate of drug-likeness (QED) is 0.476. The number of anilines is 1. The van der Waals surface area contributed by atoms with Crippen LogP contribution in [0.25, 0.3) is 0 Å². The van der Waals surface area contributed by atoms with Crippen molar-refractivity contribution in [2.45, 2.75) is 83.6 Å². The smallest absolute Gasteiger partial charge is 0.313 e. The van der Waals surface area contributed by atoms with E-state index in [0.717, 1.165) is 42.5 Å². The lowest BCUT2D eigenvalue weighted by atomic mass is 9.77. The molecular weight excluding hydrogens is 444 g/mol. The number of ether oxygens (including phenoxy) is 2. The van der Waals surface area contributed by atoms with Crippen LogP contribution in [-0.4, -0.2) is 48.2 Å². The van der Waals surface area contributed by atoms with Crippen molar-refractivity contribution in [3.63, 3.8) is 0 Å². The van der Waals surface area contributed by atoms with Crippen LogP contribution in [0, 0.1) is 31.6 Å². The fourth-order valence-electron chi connectivity index (χ4n) is 6.31. The van der Waals surface area contributed by atoms with Crippen molar-refractivity contribution in [3.8, 4) is 0 Å². The fraction of sp³-hybridized carbons (Fsp3) is 0.607. The Hall–Kier alpha value is -2.67. The van der Waals surface area contributed by atoms with Gasteiger partial charge in [0.15, 0.2) is 6.10 Å². The highest BCUT2D eigenvalue weighted by Crippen LogP contribution is 2.53. The van der Waals surface area contributed by atoms with Crippen LogP contribution >= 0.6 is 0 Å². The molecule has 5 atom stereocenters.